The van der Waals surface area contributed by atoms with Crippen molar-refractivity contribution in [3.63, 3.8) is 0 Å². The van der Waals surface area contributed by atoms with E-state index in [0.717, 1.165) is 6.07 Å². The Bertz CT molecular complexity index is 1320. The van der Waals surface area contributed by atoms with Crippen molar-refractivity contribution in [3.05, 3.63) is 78.1 Å². The van der Waals surface area contributed by atoms with Crippen molar-refractivity contribution in [3.8, 4) is 17.2 Å². The number of carbonyl (C=O) groups is 1. The molecule has 0 fully saturated rings. The molecule has 1 N–H and O–H groups in total. The number of nitrogens with one attached hydrogen (secondary N) is 1. The van der Waals surface area contributed by atoms with Crippen molar-refractivity contribution in [2.45, 2.75) is 37.8 Å². The standard InChI is InChI=1S/C26H29FN2O6S/c1-5-18(2)29(26(30)28-22-11-7-9-13-25(22)34-4)17-19-10-6-8-12-23(19)35-36(31,32)20-14-15-24(33-3)21(27)16-20/h6-16,18H,5,17H2,1-4H3,(H,28,30). The van der Waals surface area contributed by atoms with Crippen molar-refractivity contribution in [2.24, 2.45) is 0 Å². The van der Waals surface area contributed by atoms with Crippen LogP contribution in [0.1, 0.15) is 25.8 Å². The van der Waals surface area contributed by atoms with Crippen LogP contribution in [0, 0.1) is 5.82 Å². The first-order chi connectivity index (χ1) is 17.2. The van der Waals surface area contributed by atoms with Gasteiger partial charge in [0.25, 0.3) is 0 Å². The molecular weight excluding hydrogens is 487 g/mol. The zero-order valence-corrected chi connectivity index (χ0v) is 21.3. The molecule has 1 unspecified atom stereocenters. The van der Waals surface area contributed by atoms with Crippen LogP contribution in [0.5, 0.6) is 17.2 Å². The third-order valence-corrected chi connectivity index (χ3v) is 6.89. The number of ether oxygens (including phenoxy) is 2. The second-order valence-electron chi connectivity index (χ2n) is 7.96. The van der Waals surface area contributed by atoms with Gasteiger partial charge in [0.1, 0.15) is 16.4 Å². The lowest BCUT2D eigenvalue weighted by Crippen LogP contribution is -2.40. The van der Waals surface area contributed by atoms with Crippen molar-refractivity contribution in [2.75, 3.05) is 19.5 Å². The van der Waals surface area contributed by atoms with Crippen LogP contribution in [0.2, 0.25) is 0 Å². The zero-order valence-electron chi connectivity index (χ0n) is 20.5. The van der Waals surface area contributed by atoms with E-state index in [1.807, 2.05) is 13.8 Å². The molecule has 0 aliphatic heterocycles. The highest BCUT2D eigenvalue weighted by Crippen LogP contribution is 2.28. The fraction of sp³-hybridized carbons (Fsp3) is 0.269. The molecular formula is C26H29FN2O6S. The van der Waals surface area contributed by atoms with Crippen LogP contribution in [0.25, 0.3) is 0 Å². The van der Waals surface area contributed by atoms with Crippen LogP contribution in [-0.4, -0.2) is 39.6 Å². The maximum atomic E-state index is 14.1. The summed E-state index contributed by atoms with van der Waals surface area (Å²) in [5.74, 6) is -0.366. The summed E-state index contributed by atoms with van der Waals surface area (Å²) in [4.78, 5) is 14.5. The number of carbonyl (C=O) groups excluding carboxylic acids is 1. The molecule has 3 aromatic rings. The van der Waals surface area contributed by atoms with Gasteiger partial charge in [-0.05, 0) is 49.7 Å². The number of hydrogen-bond acceptors (Lipinski definition) is 6. The van der Waals surface area contributed by atoms with Crippen molar-refractivity contribution >= 4 is 21.8 Å². The summed E-state index contributed by atoms with van der Waals surface area (Å²) in [5.41, 5.74) is 0.970. The van der Waals surface area contributed by atoms with Crippen molar-refractivity contribution in [1.29, 1.82) is 0 Å². The van der Waals surface area contributed by atoms with Gasteiger partial charge in [-0.25, -0.2) is 9.18 Å². The van der Waals surface area contributed by atoms with E-state index in [1.165, 1.54) is 32.4 Å². The number of rotatable bonds is 10. The van der Waals surface area contributed by atoms with E-state index in [1.54, 1.807) is 47.4 Å². The second-order valence-corrected chi connectivity index (χ2v) is 9.50. The van der Waals surface area contributed by atoms with Gasteiger partial charge in [-0.1, -0.05) is 37.3 Å². The molecule has 8 nitrogen and oxygen atoms in total. The summed E-state index contributed by atoms with van der Waals surface area (Å²) in [6.45, 7) is 3.90. The molecule has 36 heavy (non-hydrogen) atoms. The number of hydrogen-bond donors (Lipinski definition) is 1. The summed E-state index contributed by atoms with van der Waals surface area (Å²) in [7, 11) is -1.56. The molecule has 0 saturated carbocycles. The largest absolute Gasteiger partial charge is 0.495 e. The molecule has 0 aliphatic rings. The number of nitrogens with zero attached hydrogens (tertiary/aromatic N) is 1. The molecule has 0 saturated heterocycles. The van der Waals surface area contributed by atoms with E-state index in [4.69, 9.17) is 13.7 Å². The summed E-state index contributed by atoms with van der Waals surface area (Å²) in [5, 5.41) is 2.86. The molecule has 0 aromatic heterocycles. The Labute approximate surface area is 210 Å². The highest BCUT2D eigenvalue weighted by Gasteiger charge is 2.25. The molecule has 3 aromatic carbocycles. The third-order valence-electron chi connectivity index (χ3n) is 5.66. The van der Waals surface area contributed by atoms with Gasteiger partial charge < -0.3 is 23.9 Å². The van der Waals surface area contributed by atoms with Gasteiger partial charge >= 0.3 is 16.1 Å². The lowest BCUT2D eigenvalue weighted by molar-refractivity contribution is 0.186. The molecule has 10 heteroatoms. The lowest BCUT2D eigenvalue weighted by Gasteiger charge is -2.29. The number of amides is 2. The number of urea groups is 1. The molecule has 192 valence electrons. The van der Waals surface area contributed by atoms with Gasteiger partial charge in [-0.15, -0.1) is 0 Å². The first kappa shape index (κ1) is 26.8. The van der Waals surface area contributed by atoms with Gasteiger partial charge in [-0.2, -0.15) is 8.42 Å². The van der Waals surface area contributed by atoms with E-state index < -0.39 is 15.9 Å². The van der Waals surface area contributed by atoms with Gasteiger partial charge in [0.05, 0.1) is 26.5 Å². The van der Waals surface area contributed by atoms with E-state index in [2.05, 4.69) is 5.32 Å². The summed E-state index contributed by atoms with van der Waals surface area (Å²) < 4.78 is 55.4. The van der Waals surface area contributed by atoms with E-state index >= 15 is 0 Å². The Morgan fingerprint density at radius 2 is 1.61 bits per heavy atom. The van der Waals surface area contributed by atoms with Crippen LogP contribution < -0.4 is 19.0 Å². The second kappa shape index (κ2) is 11.8. The minimum Gasteiger partial charge on any atom is -0.495 e. The van der Waals surface area contributed by atoms with E-state index in [9.17, 15) is 17.6 Å². The number of halogens is 1. The number of anilines is 1. The minimum atomic E-state index is -4.35. The Morgan fingerprint density at radius 3 is 2.25 bits per heavy atom. The van der Waals surface area contributed by atoms with Crippen LogP contribution in [0.3, 0.4) is 0 Å². The van der Waals surface area contributed by atoms with Gasteiger partial charge in [0.2, 0.25) is 0 Å². The first-order valence-electron chi connectivity index (χ1n) is 11.3. The third kappa shape index (κ3) is 6.25. The number of para-hydroxylation sites is 3. The van der Waals surface area contributed by atoms with Gasteiger partial charge in [0, 0.05) is 11.6 Å². The van der Waals surface area contributed by atoms with Crippen molar-refractivity contribution < 1.29 is 31.3 Å². The monoisotopic (exact) mass is 516 g/mol. The summed E-state index contributed by atoms with van der Waals surface area (Å²) >= 11 is 0. The molecule has 1 atom stereocenters. The topological polar surface area (TPSA) is 94.2 Å². The van der Waals surface area contributed by atoms with Crippen LogP contribution >= 0.6 is 0 Å². The fourth-order valence-corrected chi connectivity index (χ4v) is 4.43. The predicted molar refractivity (Wildman–Crippen MR) is 135 cm³/mol. The van der Waals surface area contributed by atoms with E-state index in [-0.39, 0.29) is 35.0 Å². The summed E-state index contributed by atoms with van der Waals surface area (Å²) in [6.07, 6.45) is 0.659. The van der Waals surface area contributed by atoms with Crippen LogP contribution in [0.4, 0.5) is 14.9 Å². The highest BCUT2D eigenvalue weighted by molar-refractivity contribution is 7.87. The molecule has 0 aliphatic carbocycles. The fourth-order valence-electron chi connectivity index (χ4n) is 3.45. The molecule has 0 radical (unpaired) electrons. The Hall–Kier alpha value is -3.79. The van der Waals surface area contributed by atoms with Crippen LogP contribution in [-0.2, 0) is 16.7 Å². The summed E-state index contributed by atoms with van der Waals surface area (Å²) in [6, 6.07) is 16.2. The van der Waals surface area contributed by atoms with Crippen LogP contribution in [0.15, 0.2) is 71.6 Å². The lowest BCUT2D eigenvalue weighted by atomic mass is 10.1. The Morgan fingerprint density at radius 1 is 0.972 bits per heavy atom. The number of methoxy groups -OCH3 is 2. The average Bonchev–Trinajstić information content (AvgIpc) is 2.87. The molecule has 0 bridgehead atoms. The van der Waals surface area contributed by atoms with Gasteiger partial charge in [-0.3, -0.25) is 0 Å². The van der Waals surface area contributed by atoms with Gasteiger partial charge in [0.15, 0.2) is 11.6 Å². The normalized spacial score (nSPS) is 11.9. The Balaban J connectivity index is 1.88. The maximum Gasteiger partial charge on any atom is 0.339 e. The molecule has 0 spiro atoms. The smallest absolute Gasteiger partial charge is 0.339 e. The maximum absolute atomic E-state index is 14.1. The molecule has 0 heterocycles. The van der Waals surface area contributed by atoms with E-state index in [0.29, 0.717) is 23.4 Å². The SMILES string of the molecule is CCC(C)N(Cc1ccccc1OS(=O)(=O)c1ccc(OC)c(F)c1)C(=O)Nc1ccccc1OC. The quantitative estimate of drug-likeness (QED) is 0.361. The zero-order chi connectivity index (χ0) is 26.3. The molecule has 3 rings (SSSR count). The minimum absolute atomic E-state index is 0.0344. The highest BCUT2D eigenvalue weighted by atomic mass is 32.2. The predicted octanol–water partition coefficient (Wildman–Crippen LogP) is 5.44. The Kier molecular flexibility index (Phi) is 8.76. The average molecular weight is 517 g/mol. The first-order valence-corrected chi connectivity index (χ1v) is 12.7. The molecule has 2 amide bonds. The number of benzene rings is 3. The van der Waals surface area contributed by atoms with Crippen molar-refractivity contribution in [1.82, 2.24) is 4.90 Å².